The van der Waals surface area contributed by atoms with Gasteiger partial charge < -0.3 is 5.73 Å². The number of rotatable bonds is 5. The van der Waals surface area contributed by atoms with Gasteiger partial charge in [-0.1, -0.05) is 11.6 Å². The van der Waals surface area contributed by atoms with E-state index in [9.17, 15) is 0 Å². The fourth-order valence-electron chi connectivity index (χ4n) is 1.88. The third-order valence-corrected chi connectivity index (χ3v) is 5.57. The summed E-state index contributed by atoms with van der Waals surface area (Å²) in [5.74, 6) is 0.887. The van der Waals surface area contributed by atoms with Gasteiger partial charge in [0.25, 0.3) is 0 Å². The first-order valence-electron chi connectivity index (χ1n) is 5.47. The normalized spacial score (nSPS) is 18.1. The van der Waals surface area contributed by atoms with Crippen LogP contribution in [0.15, 0.2) is 10.5 Å². The maximum absolute atomic E-state index is 6.07. The monoisotopic (exact) mass is 322 g/mol. The highest BCUT2D eigenvalue weighted by atomic mass is 79.9. The first-order chi connectivity index (χ1) is 7.61. The minimum absolute atomic E-state index is 0.300. The zero-order chi connectivity index (χ0) is 11.7. The largest absolute Gasteiger partial charge is 0.329 e. The summed E-state index contributed by atoms with van der Waals surface area (Å²) >= 11 is 11.1. The van der Waals surface area contributed by atoms with Crippen LogP contribution in [0.2, 0.25) is 4.34 Å². The van der Waals surface area contributed by atoms with Crippen LogP contribution in [0.5, 0.6) is 0 Å². The third-order valence-electron chi connectivity index (χ3n) is 2.99. The molecule has 1 fully saturated rings. The molecule has 0 bridgehead atoms. The summed E-state index contributed by atoms with van der Waals surface area (Å²) in [6, 6.07) is 2.39. The van der Waals surface area contributed by atoms with Crippen molar-refractivity contribution in [3.05, 3.63) is 19.8 Å². The number of nitrogens with two attached hydrogens (primary N) is 1. The maximum Gasteiger partial charge on any atom is 0.107 e. The molecule has 1 aromatic heterocycles. The molecule has 0 aliphatic heterocycles. The van der Waals surface area contributed by atoms with Crippen molar-refractivity contribution in [1.82, 2.24) is 4.90 Å². The van der Waals surface area contributed by atoms with Crippen LogP contribution in [0, 0.1) is 5.92 Å². The molecule has 0 saturated heterocycles. The summed E-state index contributed by atoms with van der Waals surface area (Å²) < 4.78 is 1.79. The SMILES string of the molecule is CN(CC1CC1)C(CN)c1cc(Br)c(Cl)s1. The van der Waals surface area contributed by atoms with Crippen LogP contribution in [0.3, 0.4) is 0 Å². The van der Waals surface area contributed by atoms with Crippen molar-refractivity contribution in [2.45, 2.75) is 18.9 Å². The minimum Gasteiger partial charge on any atom is -0.329 e. The van der Waals surface area contributed by atoms with E-state index in [4.69, 9.17) is 17.3 Å². The number of hydrogen-bond acceptors (Lipinski definition) is 3. The molecule has 1 heterocycles. The van der Waals surface area contributed by atoms with Crippen molar-refractivity contribution >= 4 is 38.9 Å². The molecule has 1 aromatic rings. The molecule has 1 unspecified atom stereocenters. The van der Waals surface area contributed by atoms with Crippen molar-refractivity contribution in [2.75, 3.05) is 20.1 Å². The first-order valence-corrected chi connectivity index (χ1v) is 7.45. The topological polar surface area (TPSA) is 29.3 Å². The molecule has 5 heteroatoms. The molecule has 2 rings (SSSR count). The van der Waals surface area contributed by atoms with E-state index in [0.717, 1.165) is 21.3 Å². The molecular formula is C11H16BrClN2S. The molecular weight excluding hydrogens is 308 g/mol. The second-order valence-corrected chi connectivity index (χ2v) is 6.95. The molecule has 90 valence electrons. The summed E-state index contributed by atoms with van der Waals surface area (Å²) in [5.41, 5.74) is 5.87. The Hall–Kier alpha value is 0.390. The molecule has 1 saturated carbocycles. The Morgan fingerprint density at radius 1 is 1.69 bits per heavy atom. The first kappa shape index (κ1) is 12.8. The summed E-state index contributed by atoms with van der Waals surface area (Å²) in [6.07, 6.45) is 2.74. The summed E-state index contributed by atoms with van der Waals surface area (Å²) in [5, 5.41) is 0. The summed E-state index contributed by atoms with van der Waals surface area (Å²) in [6.45, 7) is 1.79. The minimum atomic E-state index is 0.300. The van der Waals surface area contributed by atoms with E-state index in [1.807, 2.05) is 0 Å². The van der Waals surface area contributed by atoms with Crippen LogP contribution in [0.1, 0.15) is 23.8 Å². The van der Waals surface area contributed by atoms with Crippen molar-refractivity contribution in [2.24, 2.45) is 11.7 Å². The smallest absolute Gasteiger partial charge is 0.107 e. The Morgan fingerprint density at radius 3 is 2.81 bits per heavy atom. The number of nitrogens with zero attached hydrogens (tertiary/aromatic N) is 1. The van der Waals surface area contributed by atoms with Gasteiger partial charge in [-0.25, -0.2) is 0 Å². The summed E-state index contributed by atoms with van der Waals surface area (Å²) in [7, 11) is 2.15. The van der Waals surface area contributed by atoms with Gasteiger partial charge in [-0.05, 0) is 47.8 Å². The van der Waals surface area contributed by atoms with Gasteiger partial charge >= 0.3 is 0 Å². The molecule has 2 N–H and O–H groups in total. The molecule has 0 spiro atoms. The average Bonchev–Trinajstić information content (AvgIpc) is 2.96. The van der Waals surface area contributed by atoms with E-state index < -0.39 is 0 Å². The van der Waals surface area contributed by atoms with Gasteiger partial charge in [-0.3, -0.25) is 4.90 Å². The number of halogens is 2. The zero-order valence-corrected chi connectivity index (χ0v) is 12.4. The van der Waals surface area contributed by atoms with Crippen molar-refractivity contribution in [1.29, 1.82) is 0 Å². The quantitative estimate of drug-likeness (QED) is 0.898. The van der Waals surface area contributed by atoms with Gasteiger partial charge in [0.1, 0.15) is 4.34 Å². The standard InChI is InChI=1S/C11H16BrClN2S/c1-15(6-7-2-3-7)9(5-14)10-4-8(12)11(13)16-10/h4,7,9H,2-3,5-6,14H2,1H3. The van der Waals surface area contributed by atoms with Crippen LogP contribution >= 0.6 is 38.9 Å². The van der Waals surface area contributed by atoms with Crippen LogP contribution in [0.4, 0.5) is 0 Å². The highest BCUT2D eigenvalue weighted by Crippen LogP contribution is 2.38. The van der Waals surface area contributed by atoms with Crippen LogP contribution in [-0.4, -0.2) is 25.0 Å². The molecule has 0 amide bonds. The lowest BCUT2D eigenvalue weighted by atomic mass is 10.2. The Labute approximate surface area is 114 Å². The van der Waals surface area contributed by atoms with Crippen molar-refractivity contribution in [3.63, 3.8) is 0 Å². The fraction of sp³-hybridized carbons (Fsp3) is 0.636. The van der Waals surface area contributed by atoms with E-state index in [0.29, 0.717) is 12.6 Å². The van der Waals surface area contributed by atoms with E-state index >= 15 is 0 Å². The Balaban J connectivity index is 2.07. The fourth-order valence-corrected chi connectivity index (χ4v) is 3.79. The van der Waals surface area contributed by atoms with E-state index in [1.54, 1.807) is 11.3 Å². The highest BCUT2D eigenvalue weighted by Gasteiger charge is 2.27. The van der Waals surface area contributed by atoms with E-state index in [2.05, 4.69) is 33.9 Å². The van der Waals surface area contributed by atoms with Crippen LogP contribution in [0.25, 0.3) is 0 Å². The Kier molecular flexibility index (Phi) is 4.30. The molecule has 1 atom stereocenters. The molecule has 0 aromatic carbocycles. The predicted molar refractivity (Wildman–Crippen MR) is 74.2 cm³/mol. The van der Waals surface area contributed by atoms with E-state index in [-0.39, 0.29) is 0 Å². The van der Waals surface area contributed by atoms with Crippen LogP contribution < -0.4 is 5.73 Å². The van der Waals surface area contributed by atoms with Gasteiger partial charge in [0.2, 0.25) is 0 Å². The molecule has 16 heavy (non-hydrogen) atoms. The number of hydrogen-bond donors (Lipinski definition) is 1. The van der Waals surface area contributed by atoms with Crippen molar-refractivity contribution < 1.29 is 0 Å². The number of likely N-dealkylation sites (N-methyl/N-ethyl adjacent to an activating group) is 1. The predicted octanol–water partition coefficient (Wildman–Crippen LogP) is 3.51. The molecule has 1 aliphatic rings. The van der Waals surface area contributed by atoms with Gasteiger partial charge in [0.15, 0.2) is 0 Å². The lowest BCUT2D eigenvalue weighted by Gasteiger charge is -2.25. The Morgan fingerprint density at radius 2 is 2.38 bits per heavy atom. The average molecular weight is 324 g/mol. The summed E-state index contributed by atoms with van der Waals surface area (Å²) in [4.78, 5) is 3.61. The molecule has 0 radical (unpaired) electrons. The number of thiophene rings is 1. The second kappa shape index (κ2) is 5.36. The van der Waals surface area contributed by atoms with Gasteiger partial charge in [0.05, 0.1) is 6.04 Å². The molecule has 1 aliphatic carbocycles. The zero-order valence-electron chi connectivity index (χ0n) is 9.25. The van der Waals surface area contributed by atoms with Gasteiger partial charge in [0, 0.05) is 22.4 Å². The van der Waals surface area contributed by atoms with Crippen molar-refractivity contribution in [3.8, 4) is 0 Å². The lowest BCUT2D eigenvalue weighted by Crippen LogP contribution is -2.31. The lowest BCUT2D eigenvalue weighted by molar-refractivity contribution is 0.243. The highest BCUT2D eigenvalue weighted by molar-refractivity contribution is 9.10. The Bertz CT molecular complexity index is 345. The molecule has 2 nitrogen and oxygen atoms in total. The second-order valence-electron chi connectivity index (χ2n) is 4.40. The van der Waals surface area contributed by atoms with Gasteiger partial charge in [-0.15, -0.1) is 11.3 Å². The van der Waals surface area contributed by atoms with Gasteiger partial charge in [-0.2, -0.15) is 0 Å². The third kappa shape index (κ3) is 2.99. The van der Waals surface area contributed by atoms with Crippen LogP contribution in [-0.2, 0) is 0 Å². The van der Waals surface area contributed by atoms with E-state index in [1.165, 1.54) is 17.7 Å². The maximum atomic E-state index is 6.07.